The second kappa shape index (κ2) is 6.99. The van der Waals surface area contributed by atoms with Crippen molar-refractivity contribution in [3.8, 4) is 0 Å². The summed E-state index contributed by atoms with van der Waals surface area (Å²) in [5.41, 5.74) is 1.68. The number of nitrogens with zero attached hydrogens (tertiary/aromatic N) is 2. The standard InChI is InChI=1S/C21H15N3O4S/c1-23-11-13(15-7-2-3-8-17(15)23)10-16-18(25)22-21(29)24(19(16)26)14-6-4-5-12(9-14)20(27)28/h2-11H,1H3,(H,27,28)(H,22,25,29)/p-1/b16-10+. The minimum absolute atomic E-state index is 0.102. The van der Waals surface area contributed by atoms with Crippen LogP contribution in [0.2, 0.25) is 0 Å². The molecule has 4 rings (SSSR count). The van der Waals surface area contributed by atoms with Crippen molar-refractivity contribution in [1.29, 1.82) is 0 Å². The van der Waals surface area contributed by atoms with Crippen LogP contribution in [0.5, 0.6) is 0 Å². The Morgan fingerprint density at radius 2 is 1.90 bits per heavy atom. The summed E-state index contributed by atoms with van der Waals surface area (Å²) in [7, 11) is 1.87. The molecular formula is C21H14N3O4S-. The Kier molecular flexibility index (Phi) is 4.48. The number of benzene rings is 2. The van der Waals surface area contributed by atoms with Crippen LogP contribution in [-0.4, -0.2) is 27.5 Å². The van der Waals surface area contributed by atoms with E-state index in [0.717, 1.165) is 15.8 Å². The van der Waals surface area contributed by atoms with Crippen LogP contribution >= 0.6 is 12.2 Å². The SMILES string of the molecule is Cn1cc(/C=C2\C(=O)NC(=S)N(c3cccc(C(=O)[O-])c3)C2=O)c2ccccc21. The quantitative estimate of drug-likeness (QED) is 0.404. The van der Waals surface area contributed by atoms with Gasteiger partial charge in [0.1, 0.15) is 5.57 Å². The highest BCUT2D eigenvalue weighted by atomic mass is 32.1. The summed E-state index contributed by atoms with van der Waals surface area (Å²) in [6, 6.07) is 13.2. The molecule has 2 heterocycles. The molecule has 7 nitrogen and oxygen atoms in total. The summed E-state index contributed by atoms with van der Waals surface area (Å²) in [6.45, 7) is 0. The molecule has 0 radical (unpaired) electrons. The van der Waals surface area contributed by atoms with Crippen LogP contribution < -0.4 is 15.3 Å². The first-order valence-corrected chi connectivity index (χ1v) is 9.04. The molecule has 144 valence electrons. The largest absolute Gasteiger partial charge is 0.545 e. The lowest BCUT2D eigenvalue weighted by atomic mass is 10.1. The van der Waals surface area contributed by atoms with Gasteiger partial charge in [-0.2, -0.15) is 0 Å². The Morgan fingerprint density at radius 3 is 2.66 bits per heavy atom. The molecule has 1 aliphatic heterocycles. The van der Waals surface area contributed by atoms with Gasteiger partial charge in [-0.3, -0.25) is 19.8 Å². The molecule has 0 aliphatic carbocycles. The van der Waals surface area contributed by atoms with Crippen molar-refractivity contribution >= 4 is 57.8 Å². The molecular weight excluding hydrogens is 390 g/mol. The van der Waals surface area contributed by atoms with Crippen molar-refractivity contribution in [2.24, 2.45) is 7.05 Å². The zero-order chi connectivity index (χ0) is 20.7. The maximum atomic E-state index is 13.1. The molecule has 0 atom stereocenters. The minimum atomic E-state index is -1.38. The molecule has 1 aromatic heterocycles. The lowest BCUT2D eigenvalue weighted by Crippen LogP contribution is -2.54. The van der Waals surface area contributed by atoms with Gasteiger partial charge in [0, 0.05) is 29.7 Å². The molecule has 1 saturated heterocycles. The van der Waals surface area contributed by atoms with Crippen molar-refractivity contribution < 1.29 is 19.5 Å². The second-order valence-electron chi connectivity index (χ2n) is 6.51. The number of thiocarbonyl (C=S) groups is 1. The molecule has 2 aromatic carbocycles. The van der Waals surface area contributed by atoms with Crippen LogP contribution in [0.4, 0.5) is 5.69 Å². The van der Waals surface area contributed by atoms with Gasteiger partial charge in [0.2, 0.25) is 0 Å². The highest BCUT2D eigenvalue weighted by Crippen LogP contribution is 2.26. The number of hydrogen-bond acceptors (Lipinski definition) is 5. The summed E-state index contributed by atoms with van der Waals surface area (Å²) in [4.78, 5) is 37.9. The monoisotopic (exact) mass is 404 g/mol. The van der Waals surface area contributed by atoms with E-state index in [-0.39, 0.29) is 21.9 Å². The normalized spacial score (nSPS) is 15.8. The number of aromatic nitrogens is 1. The Hall–Kier alpha value is -3.78. The van der Waals surface area contributed by atoms with Gasteiger partial charge < -0.3 is 14.5 Å². The zero-order valence-electron chi connectivity index (χ0n) is 15.2. The summed E-state index contributed by atoms with van der Waals surface area (Å²) in [5, 5.41) is 14.4. The minimum Gasteiger partial charge on any atom is -0.545 e. The van der Waals surface area contributed by atoms with Gasteiger partial charge in [0.25, 0.3) is 11.8 Å². The fourth-order valence-corrected chi connectivity index (χ4v) is 3.59. The van der Waals surface area contributed by atoms with Gasteiger partial charge in [-0.25, -0.2) is 0 Å². The summed E-state index contributed by atoms with van der Waals surface area (Å²) < 4.78 is 1.90. The second-order valence-corrected chi connectivity index (χ2v) is 6.89. The number of amides is 2. The lowest BCUT2D eigenvalue weighted by molar-refractivity contribution is -0.255. The van der Waals surface area contributed by atoms with E-state index in [4.69, 9.17) is 12.2 Å². The van der Waals surface area contributed by atoms with E-state index in [0.29, 0.717) is 5.56 Å². The van der Waals surface area contributed by atoms with Crippen LogP contribution in [0.3, 0.4) is 0 Å². The number of carboxylic acid groups (broad SMARTS) is 1. The molecule has 0 spiro atoms. The molecule has 0 bridgehead atoms. The third kappa shape index (κ3) is 3.19. The number of carbonyl (C=O) groups excluding carboxylic acids is 3. The van der Waals surface area contributed by atoms with E-state index in [9.17, 15) is 19.5 Å². The van der Waals surface area contributed by atoms with Crippen LogP contribution in [-0.2, 0) is 16.6 Å². The van der Waals surface area contributed by atoms with Crippen LogP contribution in [0, 0.1) is 0 Å². The van der Waals surface area contributed by atoms with Crippen molar-refractivity contribution in [3.05, 3.63) is 71.4 Å². The third-order valence-corrected chi connectivity index (χ3v) is 4.95. The fraction of sp³-hybridized carbons (Fsp3) is 0.0476. The Labute approximate surface area is 170 Å². The average Bonchev–Trinajstić information content (AvgIpc) is 3.01. The maximum absolute atomic E-state index is 13.1. The molecule has 1 N–H and O–H groups in total. The smallest absolute Gasteiger partial charge is 0.270 e. The lowest BCUT2D eigenvalue weighted by Gasteiger charge is -2.29. The van der Waals surface area contributed by atoms with Gasteiger partial charge in [-0.15, -0.1) is 0 Å². The highest BCUT2D eigenvalue weighted by Gasteiger charge is 2.34. The van der Waals surface area contributed by atoms with Crippen LogP contribution in [0.15, 0.2) is 60.3 Å². The number of carbonyl (C=O) groups is 3. The van der Waals surface area contributed by atoms with Gasteiger partial charge in [-0.1, -0.05) is 30.3 Å². The van der Waals surface area contributed by atoms with Gasteiger partial charge in [0.15, 0.2) is 5.11 Å². The highest BCUT2D eigenvalue weighted by molar-refractivity contribution is 7.80. The van der Waals surface area contributed by atoms with Crippen LogP contribution in [0.1, 0.15) is 15.9 Å². The molecule has 8 heteroatoms. The number of para-hydroxylation sites is 1. The number of anilines is 1. The van der Waals surface area contributed by atoms with E-state index >= 15 is 0 Å². The summed E-state index contributed by atoms with van der Waals surface area (Å²) in [6.07, 6.45) is 3.34. The molecule has 1 aliphatic rings. The fourth-order valence-electron chi connectivity index (χ4n) is 3.31. The molecule has 1 fully saturated rings. The van der Waals surface area contributed by atoms with Gasteiger partial charge in [-0.05, 0) is 42.1 Å². The predicted octanol–water partition coefficient (Wildman–Crippen LogP) is 1.37. The number of rotatable bonds is 3. The van der Waals surface area contributed by atoms with Crippen molar-refractivity contribution in [2.75, 3.05) is 4.90 Å². The number of carboxylic acids is 1. The van der Waals surface area contributed by atoms with Crippen molar-refractivity contribution in [1.82, 2.24) is 9.88 Å². The third-order valence-electron chi connectivity index (χ3n) is 4.67. The average molecular weight is 404 g/mol. The maximum Gasteiger partial charge on any atom is 0.270 e. The number of hydrogen-bond donors (Lipinski definition) is 1. The number of nitrogens with one attached hydrogen (secondary N) is 1. The molecule has 0 unspecified atom stereocenters. The Bertz CT molecular complexity index is 1240. The van der Waals surface area contributed by atoms with E-state index in [1.54, 1.807) is 0 Å². The van der Waals surface area contributed by atoms with E-state index in [1.165, 1.54) is 30.3 Å². The zero-order valence-corrected chi connectivity index (χ0v) is 16.0. The van der Waals surface area contributed by atoms with Crippen LogP contribution in [0.25, 0.3) is 17.0 Å². The summed E-state index contributed by atoms with van der Waals surface area (Å²) in [5.74, 6) is -2.62. The molecule has 3 aromatic rings. The number of aromatic carboxylic acids is 1. The number of fused-ring (bicyclic) bond motifs is 1. The van der Waals surface area contributed by atoms with E-state index in [1.807, 2.05) is 42.1 Å². The Morgan fingerprint density at radius 1 is 1.14 bits per heavy atom. The first-order chi connectivity index (χ1) is 13.9. The van der Waals surface area contributed by atoms with Crippen molar-refractivity contribution in [3.63, 3.8) is 0 Å². The van der Waals surface area contributed by atoms with Gasteiger partial charge >= 0.3 is 0 Å². The first kappa shape index (κ1) is 18.6. The first-order valence-electron chi connectivity index (χ1n) is 8.64. The number of aryl methyl sites for hydroxylation is 1. The predicted molar refractivity (Wildman–Crippen MR) is 110 cm³/mol. The van der Waals surface area contributed by atoms with E-state index < -0.39 is 17.8 Å². The van der Waals surface area contributed by atoms with E-state index in [2.05, 4.69) is 5.32 Å². The molecule has 29 heavy (non-hydrogen) atoms. The topological polar surface area (TPSA) is 94.5 Å². The summed E-state index contributed by atoms with van der Waals surface area (Å²) >= 11 is 5.15. The van der Waals surface area contributed by atoms with Gasteiger partial charge in [0.05, 0.1) is 11.7 Å². The molecule has 0 saturated carbocycles. The van der Waals surface area contributed by atoms with Crippen molar-refractivity contribution in [2.45, 2.75) is 0 Å². The Balaban J connectivity index is 1.80. The molecule has 2 amide bonds.